The predicted molar refractivity (Wildman–Crippen MR) is 41.8 cm³/mol. The van der Waals surface area contributed by atoms with Gasteiger partial charge in [-0.25, -0.2) is 0 Å². The number of hydrogen-bond acceptors (Lipinski definition) is 0. The molecule has 0 amide bonds. The normalized spacial score (nSPS) is 23.6. The second kappa shape index (κ2) is 2.79. The molecule has 1 aliphatic carbocycles. The summed E-state index contributed by atoms with van der Waals surface area (Å²) in [5, 5.41) is 0. The molecule has 0 bridgehead atoms. The maximum Gasteiger partial charge on any atom is 0.412 e. The van der Waals surface area contributed by atoms with Crippen LogP contribution in [-0.2, 0) is 0 Å². The fraction of sp³-hybridized carbons (Fsp3) is 0.778. The maximum absolute atomic E-state index is 12.2. The van der Waals surface area contributed by atoms with Gasteiger partial charge in [0, 0.05) is 5.57 Å². The Morgan fingerprint density at radius 2 is 1.92 bits per heavy atom. The van der Waals surface area contributed by atoms with Crippen LogP contribution in [0, 0.1) is 5.41 Å². The summed E-state index contributed by atoms with van der Waals surface area (Å²) in [4.78, 5) is 0. The van der Waals surface area contributed by atoms with Crippen molar-refractivity contribution >= 4 is 0 Å². The summed E-state index contributed by atoms with van der Waals surface area (Å²) in [6, 6.07) is 0. The van der Waals surface area contributed by atoms with Gasteiger partial charge in [0.25, 0.3) is 0 Å². The summed E-state index contributed by atoms with van der Waals surface area (Å²) in [5.41, 5.74) is -0.529. The van der Waals surface area contributed by atoms with E-state index in [4.69, 9.17) is 0 Å². The van der Waals surface area contributed by atoms with Crippen LogP contribution in [-0.4, -0.2) is 6.18 Å². The Balaban J connectivity index is 2.75. The van der Waals surface area contributed by atoms with Crippen LogP contribution < -0.4 is 0 Å². The molecular weight excluding hydrogens is 165 g/mol. The first kappa shape index (κ1) is 9.62. The van der Waals surface area contributed by atoms with Crippen molar-refractivity contribution in [2.75, 3.05) is 0 Å². The lowest BCUT2D eigenvalue weighted by Crippen LogP contribution is -2.23. The van der Waals surface area contributed by atoms with Crippen LogP contribution in [0.4, 0.5) is 13.2 Å². The largest absolute Gasteiger partial charge is 0.412 e. The minimum atomic E-state index is -4.11. The van der Waals surface area contributed by atoms with Crippen LogP contribution in [0.25, 0.3) is 0 Å². The van der Waals surface area contributed by atoms with Crippen LogP contribution >= 0.6 is 0 Å². The molecule has 0 aliphatic heterocycles. The first-order valence-electron chi connectivity index (χ1n) is 4.07. The Labute approximate surface area is 70.5 Å². The molecule has 0 fully saturated rings. The Hall–Kier alpha value is -0.470. The first-order chi connectivity index (χ1) is 5.31. The lowest BCUT2D eigenvalue weighted by molar-refractivity contribution is -0.0984. The number of halogens is 3. The van der Waals surface area contributed by atoms with Gasteiger partial charge in [-0.05, 0) is 24.7 Å². The summed E-state index contributed by atoms with van der Waals surface area (Å²) >= 11 is 0. The highest BCUT2D eigenvalue weighted by Gasteiger charge is 2.38. The average molecular weight is 178 g/mol. The van der Waals surface area contributed by atoms with E-state index in [1.807, 2.05) is 13.8 Å². The minimum Gasteiger partial charge on any atom is -0.166 e. The second-order valence-electron chi connectivity index (χ2n) is 4.11. The molecule has 1 rings (SSSR count). The lowest BCUT2D eigenvalue weighted by Gasteiger charge is -2.30. The molecule has 0 radical (unpaired) electrons. The molecule has 1 aliphatic rings. The first-order valence-corrected chi connectivity index (χ1v) is 4.07. The van der Waals surface area contributed by atoms with E-state index in [1.54, 1.807) is 0 Å². The fourth-order valence-electron chi connectivity index (χ4n) is 1.53. The van der Waals surface area contributed by atoms with Gasteiger partial charge in [0.05, 0.1) is 0 Å². The van der Waals surface area contributed by atoms with Gasteiger partial charge in [-0.2, -0.15) is 13.2 Å². The second-order valence-corrected chi connectivity index (χ2v) is 4.11. The van der Waals surface area contributed by atoms with Gasteiger partial charge in [0.2, 0.25) is 0 Å². The number of alkyl halides is 3. The Morgan fingerprint density at radius 3 is 2.25 bits per heavy atom. The molecule has 0 atom stereocenters. The smallest absolute Gasteiger partial charge is 0.166 e. The van der Waals surface area contributed by atoms with Crippen LogP contribution in [0.15, 0.2) is 11.6 Å². The van der Waals surface area contributed by atoms with Crippen LogP contribution in [0.2, 0.25) is 0 Å². The molecule has 3 heteroatoms. The molecule has 70 valence electrons. The third kappa shape index (κ3) is 2.26. The van der Waals surface area contributed by atoms with Crippen LogP contribution in [0.1, 0.15) is 33.1 Å². The third-order valence-corrected chi connectivity index (χ3v) is 2.24. The highest BCUT2D eigenvalue weighted by Crippen LogP contribution is 2.41. The van der Waals surface area contributed by atoms with Gasteiger partial charge in [-0.15, -0.1) is 0 Å². The van der Waals surface area contributed by atoms with Crippen molar-refractivity contribution in [1.29, 1.82) is 0 Å². The molecule has 0 unspecified atom stereocenters. The van der Waals surface area contributed by atoms with E-state index in [1.165, 1.54) is 6.08 Å². The van der Waals surface area contributed by atoms with E-state index in [9.17, 15) is 13.2 Å². The van der Waals surface area contributed by atoms with E-state index < -0.39 is 6.18 Å². The predicted octanol–water partition coefficient (Wildman–Crippen LogP) is 3.69. The van der Waals surface area contributed by atoms with Gasteiger partial charge in [-0.3, -0.25) is 0 Å². The summed E-state index contributed by atoms with van der Waals surface area (Å²) in [6.45, 7) is 3.76. The minimum absolute atomic E-state index is 0.163. The number of rotatable bonds is 0. The van der Waals surface area contributed by atoms with Crippen molar-refractivity contribution in [2.24, 2.45) is 5.41 Å². The number of allylic oxidation sites excluding steroid dienone is 2. The quantitative estimate of drug-likeness (QED) is 0.496. The molecule has 0 saturated carbocycles. The Bertz CT molecular complexity index is 198. The molecule has 0 heterocycles. The van der Waals surface area contributed by atoms with E-state index in [0.717, 1.165) is 6.42 Å². The maximum atomic E-state index is 12.2. The van der Waals surface area contributed by atoms with Crippen LogP contribution in [0.3, 0.4) is 0 Å². The van der Waals surface area contributed by atoms with Crippen LogP contribution in [0.5, 0.6) is 0 Å². The monoisotopic (exact) mass is 178 g/mol. The van der Waals surface area contributed by atoms with E-state index in [2.05, 4.69) is 0 Å². The molecule has 12 heavy (non-hydrogen) atoms. The highest BCUT2D eigenvalue weighted by molar-refractivity contribution is 5.14. The topological polar surface area (TPSA) is 0 Å². The molecule has 0 aromatic heterocycles. The summed E-state index contributed by atoms with van der Waals surface area (Å²) in [6.07, 6.45) is -1.21. The van der Waals surface area contributed by atoms with E-state index >= 15 is 0 Å². The summed E-state index contributed by atoms with van der Waals surface area (Å²) in [5.74, 6) is 0. The van der Waals surface area contributed by atoms with E-state index in [0.29, 0.717) is 6.42 Å². The molecular formula is C9H13F3. The third-order valence-electron chi connectivity index (χ3n) is 2.24. The average Bonchev–Trinajstić information content (AvgIpc) is 1.83. The SMILES string of the molecule is CC1(C)CCC=C(C(F)(F)F)C1. The van der Waals surface area contributed by atoms with Gasteiger partial charge >= 0.3 is 6.18 Å². The molecule has 0 nitrogen and oxygen atoms in total. The van der Waals surface area contributed by atoms with Gasteiger partial charge < -0.3 is 0 Å². The zero-order chi connectivity index (χ0) is 9.41. The van der Waals surface area contributed by atoms with E-state index in [-0.39, 0.29) is 17.4 Å². The van der Waals surface area contributed by atoms with Crippen molar-refractivity contribution in [3.8, 4) is 0 Å². The molecule has 0 aromatic carbocycles. The summed E-state index contributed by atoms with van der Waals surface area (Å²) < 4.78 is 36.6. The molecule has 0 saturated heterocycles. The van der Waals surface area contributed by atoms with Crippen molar-refractivity contribution < 1.29 is 13.2 Å². The Morgan fingerprint density at radius 1 is 1.33 bits per heavy atom. The fourth-order valence-corrected chi connectivity index (χ4v) is 1.53. The zero-order valence-corrected chi connectivity index (χ0v) is 7.33. The Kier molecular flexibility index (Phi) is 2.23. The highest BCUT2D eigenvalue weighted by atomic mass is 19.4. The van der Waals surface area contributed by atoms with Crippen molar-refractivity contribution in [3.63, 3.8) is 0 Å². The molecule has 0 N–H and O–H groups in total. The number of hydrogen-bond donors (Lipinski definition) is 0. The standard InChI is InChI=1S/C9H13F3/c1-8(2)5-3-4-7(6-8)9(10,11)12/h4H,3,5-6H2,1-2H3. The van der Waals surface area contributed by atoms with Gasteiger partial charge in [-0.1, -0.05) is 19.9 Å². The molecule has 0 aromatic rings. The van der Waals surface area contributed by atoms with Crippen molar-refractivity contribution in [3.05, 3.63) is 11.6 Å². The van der Waals surface area contributed by atoms with Crippen molar-refractivity contribution in [2.45, 2.75) is 39.3 Å². The summed E-state index contributed by atoms with van der Waals surface area (Å²) in [7, 11) is 0. The lowest BCUT2D eigenvalue weighted by atomic mass is 9.77. The molecule has 0 spiro atoms. The zero-order valence-electron chi connectivity index (χ0n) is 7.33. The van der Waals surface area contributed by atoms with Crippen molar-refractivity contribution in [1.82, 2.24) is 0 Å². The van der Waals surface area contributed by atoms with Gasteiger partial charge in [0.15, 0.2) is 0 Å². The van der Waals surface area contributed by atoms with Gasteiger partial charge in [0.1, 0.15) is 0 Å².